The fraction of sp³-hybridized carbons (Fsp3) is 0.385. The summed E-state index contributed by atoms with van der Waals surface area (Å²) in [7, 11) is 0. The molecule has 2 unspecified atom stereocenters. The normalized spacial score (nSPS) is 18.9. The van der Waals surface area contributed by atoms with E-state index in [4.69, 9.17) is 10.2 Å². The number of carbonyl (C=O) groups is 2. The highest BCUT2D eigenvalue weighted by Gasteiger charge is 2.27. The van der Waals surface area contributed by atoms with Crippen LogP contribution in [-0.2, 0) is 16.0 Å². The number of benzene rings is 1. The second-order valence-corrected chi connectivity index (χ2v) is 4.52. The zero-order chi connectivity index (χ0) is 13.8. The molecule has 1 heterocycles. The van der Waals surface area contributed by atoms with E-state index in [0.29, 0.717) is 13.0 Å². The number of hydrogen-bond acceptors (Lipinski definition) is 4. The Hall–Kier alpha value is -2.08. The van der Waals surface area contributed by atoms with Crippen LogP contribution in [0.3, 0.4) is 0 Å². The molecule has 1 amide bonds. The number of nitrogens with one attached hydrogen (secondary N) is 2. The molecule has 6 heteroatoms. The number of carboxylic acid groups (broad SMARTS) is 1. The van der Waals surface area contributed by atoms with Crippen molar-refractivity contribution in [2.45, 2.75) is 12.5 Å². The third kappa shape index (κ3) is 3.03. The molecule has 2 atom stereocenters. The number of para-hydroxylation sites is 1. The van der Waals surface area contributed by atoms with Crippen molar-refractivity contribution >= 4 is 17.6 Å². The largest absolute Gasteiger partial charge is 0.480 e. The molecule has 0 saturated heterocycles. The third-order valence-electron chi connectivity index (χ3n) is 3.19. The number of fused-ring (bicyclic) bond motifs is 1. The van der Waals surface area contributed by atoms with Crippen LogP contribution in [0.2, 0.25) is 0 Å². The molecule has 0 radical (unpaired) electrons. The molecule has 19 heavy (non-hydrogen) atoms. The first-order valence-corrected chi connectivity index (χ1v) is 6.07. The van der Waals surface area contributed by atoms with Gasteiger partial charge in [0.05, 0.1) is 12.5 Å². The van der Waals surface area contributed by atoms with E-state index in [-0.39, 0.29) is 11.8 Å². The maximum Gasteiger partial charge on any atom is 0.328 e. The Labute approximate surface area is 110 Å². The lowest BCUT2D eigenvalue weighted by atomic mass is 9.93. The number of aliphatic carboxylic acids is 1. The Balaban J connectivity index is 2.01. The van der Waals surface area contributed by atoms with E-state index in [2.05, 4.69) is 10.6 Å². The molecule has 6 nitrogen and oxygen atoms in total. The molecule has 1 aromatic rings. The van der Waals surface area contributed by atoms with Gasteiger partial charge >= 0.3 is 5.97 Å². The zero-order valence-electron chi connectivity index (χ0n) is 10.3. The van der Waals surface area contributed by atoms with Crippen LogP contribution in [0.25, 0.3) is 0 Å². The summed E-state index contributed by atoms with van der Waals surface area (Å²) in [5, 5.41) is 23.2. The quantitative estimate of drug-likeness (QED) is 0.605. The van der Waals surface area contributed by atoms with Gasteiger partial charge in [-0.15, -0.1) is 0 Å². The number of carboxylic acids is 1. The number of rotatable bonds is 4. The molecule has 0 bridgehead atoms. The number of anilines is 1. The Morgan fingerprint density at radius 2 is 2.16 bits per heavy atom. The molecule has 2 rings (SSSR count). The summed E-state index contributed by atoms with van der Waals surface area (Å²) in [4.78, 5) is 22.7. The molecule has 1 aliphatic heterocycles. The monoisotopic (exact) mass is 264 g/mol. The summed E-state index contributed by atoms with van der Waals surface area (Å²) in [6, 6.07) is 6.44. The third-order valence-corrected chi connectivity index (χ3v) is 3.19. The molecule has 0 fully saturated rings. The van der Waals surface area contributed by atoms with Gasteiger partial charge in [0.15, 0.2) is 0 Å². The molecular formula is C13H16N2O4. The van der Waals surface area contributed by atoms with Crippen molar-refractivity contribution in [2.24, 2.45) is 5.92 Å². The number of amides is 1. The summed E-state index contributed by atoms with van der Waals surface area (Å²) < 4.78 is 0. The molecule has 1 aromatic carbocycles. The fourth-order valence-corrected chi connectivity index (χ4v) is 2.10. The van der Waals surface area contributed by atoms with Gasteiger partial charge in [-0.25, -0.2) is 4.79 Å². The van der Waals surface area contributed by atoms with Crippen molar-refractivity contribution in [1.82, 2.24) is 5.32 Å². The Bertz CT molecular complexity index is 489. The van der Waals surface area contributed by atoms with Gasteiger partial charge in [-0.1, -0.05) is 18.2 Å². The first kappa shape index (κ1) is 13.4. The van der Waals surface area contributed by atoms with E-state index in [1.165, 1.54) is 0 Å². The van der Waals surface area contributed by atoms with Crippen molar-refractivity contribution < 1.29 is 19.8 Å². The van der Waals surface area contributed by atoms with Crippen LogP contribution in [0.1, 0.15) is 5.56 Å². The van der Waals surface area contributed by atoms with Crippen molar-refractivity contribution in [3.8, 4) is 0 Å². The summed E-state index contributed by atoms with van der Waals surface area (Å²) in [5.74, 6) is -1.92. The van der Waals surface area contributed by atoms with E-state index in [1.807, 2.05) is 24.3 Å². The minimum Gasteiger partial charge on any atom is -0.480 e. The van der Waals surface area contributed by atoms with E-state index >= 15 is 0 Å². The smallest absolute Gasteiger partial charge is 0.328 e. The molecule has 0 aromatic heterocycles. The number of carbonyl (C=O) groups excluding carboxylic acids is 1. The fourth-order valence-electron chi connectivity index (χ4n) is 2.10. The minimum absolute atomic E-state index is 0.330. The lowest BCUT2D eigenvalue weighted by Gasteiger charge is -2.26. The maximum absolute atomic E-state index is 12.0. The molecular weight excluding hydrogens is 248 g/mol. The van der Waals surface area contributed by atoms with Crippen LogP contribution < -0.4 is 10.6 Å². The van der Waals surface area contributed by atoms with E-state index in [0.717, 1.165) is 11.3 Å². The van der Waals surface area contributed by atoms with Gasteiger partial charge in [-0.2, -0.15) is 0 Å². The van der Waals surface area contributed by atoms with Crippen molar-refractivity contribution in [2.75, 3.05) is 18.5 Å². The van der Waals surface area contributed by atoms with Gasteiger partial charge in [0, 0.05) is 12.2 Å². The molecule has 0 spiro atoms. The zero-order valence-corrected chi connectivity index (χ0v) is 10.3. The molecule has 0 aliphatic carbocycles. The number of hydrogen-bond donors (Lipinski definition) is 4. The summed E-state index contributed by atoms with van der Waals surface area (Å²) >= 11 is 0. The van der Waals surface area contributed by atoms with E-state index in [1.54, 1.807) is 0 Å². The minimum atomic E-state index is -1.25. The first-order chi connectivity index (χ1) is 9.11. The Morgan fingerprint density at radius 3 is 2.84 bits per heavy atom. The SMILES string of the molecule is O=C(NC(CO)C(=O)O)C1CNc2ccccc2C1. The van der Waals surface area contributed by atoms with E-state index < -0.39 is 18.6 Å². The van der Waals surface area contributed by atoms with Crippen LogP contribution in [0.5, 0.6) is 0 Å². The highest BCUT2D eigenvalue weighted by Crippen LogP contribution is 2.24. The second kappa shape index (κ2) is 5.71. The van der Waals surface area contributed by atoms with Crippen LogP contribution in [0.4, 0.5) is 5.69 Å². The highest BCUT2D eigenvalue weighted by atomic mass is 16.4. The second-order valence-electron chi connectivity index (χ2n) is 4.52. The van der Waals surface area contributed by atoms with Gasteiger partial charge in [0.2, 0.25) is 5.91 Å². The number of aliphatic hydroxyl groups is 1. The predicted octanol–water partition coefficient (Wildman–Crippen LogP) is -0.167. The maximum atomic E-state index is 12.0. The standard InChI is InChI=1S/C13H16N2O4/c16-7-11(13(18)19)15-12(17)9-5-8-3-1-2-4-10(8)14-6-9/h1-4,9,11,14,16H,5-7H2,(H,15,17)(H,18,19). The van der Waals surface area contributed by atoms with Crippen LogP contribution in [0.15, 0.2) is 24.3 Å². The van der Waals surface area contributed by atoms with Gasteiger partial charge in [0.1, 0.15) is 6.04 Å². The van der Waals surface area contributed by atoms with Gasteiger partial charge in [0.25, 0.3) is 0 Å². The van der Waals surface area contributed by atoms with Crippen LogP contribution >= 0.6 is 0 Å². The van der Waals surface area contributed by atoms with Gasteiger partial charge in [-0.05, 0) is 18.1 Å². The van der Waals surface area contributed by atoms with Crippen molar-refractivity contribution in [1.29, 1.82) is 0 Å². The van der Waals surface area contributed by atoms with Gasteiger partial charge < -0.3 is 20.8 Å². The summed E-state index contributed by atoms with van der Waals surface area (Å²) in [6.45, 7) is -0.154. The van der Waals surface area contributed by atoms with E-state index in [9.17, 15) is 9.59 Å². The first-order valence-electron chi connectivity index (χ1n) is 6.07. The summed E-state index contributed by atoms with van der Waals surface area (Å²) in [5.41, 5.74) is 2.04. The highest BCUT2D eigenvalue weighted by molar-refractivity contribution is 5.86. The predicted molar refractivity (Wildman–Crippen MR) is 68.8 cm³/mol. The van der Waals surface area contributed by atoms with Gasteiger partial charge in [-0.3, -0.25) is 4.79 Å². The molecule has 4 N–H and O–H groups in total. The number of aliphatic hydroxyl groups excluding tert-OH is 1. The lowest BCUT2D eigenvalue weighted by Crippen LogP contribution is -2.48. The lowest BCUT2D eigenvalue weighted by molar-refractivity contribution is -0.143. The Kier molecular flexibility index (Phi) is 4.01. The summed E-state index contributed by atoms with van der Waals surface area (Å²) in [6.07, 6.45) is 0.562. The van der Waals surface area contributed by atoms with Crippen LogP contribution in [0, 0.1) is 5.92 Å². The molecule has 1 aliphatic rings. The van der Waals surface area contributed by atoms with Crippen molar-refractivity contribution in [3.63, 3.8) is 0 Å². The molecule has 0 saturated carbocycles. The average Bonchev–Trinajstić information content (AvgIpc) is 2.43. The van der Waals surface area contributed by atoms with Crippen LogP contribution in [-0.4, -0.2) is 41.3 Å². The topological polar surface area (TPSA) is 98.7 Å². The molecule has 102 valence electrons. The average molecular weight is 264 g/mol. The van der Waals surface area contributed by atoms with Crippen molar-refractivity contribution in [3.05, 3.63) is 29.8 Å². The Morgan fingerprint density at radius 1 is 1.42 bits per heavy atom.